The molecule has 0 saturated carbocycles. The van der Waals surface area contributed by atoms with Gasteiger partial charge in [0, 0.05) is 22.3 Å². The van der Waals surface area contributed by atoms with Gasteiger partial charge in [-0.05, 0) is 78.5 Å². The molecule has 0 bridgehead atoms. The van der Waals surface area contributed by atoms with Crippen LogP contribution in [0.2, 0.25) is 0 Å². The molecule has 1 aliphatic heterocycles. The fraction of sp³-hybridized carbons (Fsp3) is 0.263. The number of benzene rings is 4. The van der Waals surface area contributed by atoms with Crippen LogP contribution in [0.5, 0.6) is 17.4 Å². The predicted molar refractivity (Wildman–Crippen MR) is 179 cm³/mol. The van der Waals surface area contributed by atoms with E-state index in [0.29, 0.717) is 12.2 Å². The highest BCUT2D eigenvalue weighted by Gasteiger charge is 2.25. The normalized spacial score (nSPS) is 13.7. The van der Waals surface area contributed by atoms with Crippen LogP contribution in [0, 0.1) is 0 Å². The molecule has 2 heterocycles. The molecule has 0 N–H and O–H groups in total. The monoisotopic (exact) mass is 619 g/mol. The molecule has 4 aromatic carbocycles. The molecule has 5 aromatic rings. The Hall–Kier alpha value is -4.49. The highest BCUT2D eigenvalue weighted by molar-refractivity contribution is 7.99. The van der Waals surface area contributed by atoms with E-state index in [1.807, 2.05) is 30.3 Å². The molecule has 0 fully saturated rings. The van der Waals surface area contributed by atoms with Crippen LogP contribution in [-0.4, -0.2) is 37.0 Å². The number of esters is 1. The largest absolute Gasteiger partial charge is 0.490 e. The number of nitrogens with zero attached hydrogens (tertiary/aromatic N) is 1. The Labute approximate surface area is 268 Å². The van der Waals surface area contributed by atoms with E-state index >= 15 is 0 Å². The minimum absolute atomic E-state index is 0.178. The number of rotatable bonds is 13. The summed E-state index contributed by atoms with van der Waals surface area (Å²) < 4.78 is 23.1. The maximum Gasteiger partial charge on any atom is 0.343 e. The lowest BCUT2D eigenvalue weighted by atomic mass is 10.0. The van der Waals surface area contributed by atoms with Gasteiger partial charge in [0.05, 0.1) is 19.7 Å². The number of carbonyl (C=O) groups excluding carboxylic acids is 1. The molecule has 0 radical (unpaired) electrons. The summed E-state index contributed by atoms with van der Waals surface area (Å²) in [5, 5.41) is 0.862. The third-order valence-electron chi connectivity index (χ3n) is 8.03. The quantitative estimate of drug-likeness (QED) is 0.0747. The number of hydrogen-bond donors (Lipinski definition) is 0. The minimum Gasteiger partial charge on any atom is -0.490 e. The number of ether oxygens (including phenoxy) is 4. The summed E-state index contributed by atoms with van der Waals surface area (Å²) in [5.74, 6) is 2.66. The van der Waals surface area contributed by atoms with Crippen LogP contribution >= 0.6 is 11.8 Å². The van der Waals surface area contributed by atoms with Gasteiger partial charge in [0.2, 0.25) is 5.88 Å². The van der Waals surface area contributed by atoms with E-state index in [4.69, 9.17) is 18.9 Å². The first-order chi connectivity index (χ1) is 22.1. The van der Waals surface area contributed by atoms with Crippen LogP contribution in [0.4, 0.5) is 0 Å². The SMILES string of the molecule is COC(=O)c1cc2ccc(SCCCc3cc4c(cc3OCc3ccccc3)CC(CCc3ccccc3)O4)cc2nc1OC. The first kappa shape index (κ1) is 30.5. The van der Waals surface area contributed by atoms with E-state index in [9.17, 15) is 4.79 Å². The van der Waals surface area contributed by atoms with Crippen molar-refractivity contribution in [3.05, 3.63) is 125 Å². The van der Waals surface area contributed by atoms with Crippen molar-refractivity contribution in [1.82, 2.24) is 4.98 Å². The van der Waals surface area contributed by atoms with E-state index in [1.165, 1.54) is 30.9 Å². The fourth-order valence-electron chi connectivity index (χ4n) is 5.66. The molecule has 7 heteroatoms. The number of hydrogen-bond acceptors (Lipinski definition) is 7. The molecule has 230 valence electrons. The molecule has 45 heavy (non-hydrogen) atoms. The van der Waals surface area contributed by atoms with Gasteiger partial charge in [0.15, 0.2) is 0 Å². The highest BCUT2D eigenvalue weighted by Crippen LogP contribution is 2.37. The van der Waals surface area contributed by atoms with Gasteiger partial charge in [0.25, 0.3) is 0 Å². The van der Waals surface area contributed by atoms with Crippen LogP contribution in [0.25, 0.3) is 10.9 Å². The number of aromatic nitrogens is 1. The molecule has 6 nitrogen and oxygen atoms in total. The van der Waals surface area contributed by atoms with Crippen molar-refractivity contribution < 1.29 is 23.7 Å². The van der Waals surface area contributed by atoms with E-state index in [1.54, 1.807) is 17.8 Å². The Kier molecular flexibility index (Phi) is 9.86. The van der Waals surface area contributed by atoms with Gasteiger partial charge >= 0.3 is 5.97 Å². The summed E-state index contributed by atoms with van der Waals surface area (Å²) in [4.78, 5) is 17.8. The maximum atomic E-state index is 12.1. The predicted octanol–water partition coefficient (Wildman–Crippen LogP) is 8.27. The van der Waals surface area contributed by atoms with E-state index in [0.717, 1.165) is 70.7 Å². The van der Waals surface area contributed by atoms with E-state index < -0.39 is 5.97 Å². The lowest BCUT2D eigenvalue weighted by molar-refractivity contribution is 0.0596. The second-order valence-electron chi connectivity index (χ2n) is 11.2. The standard InChI is InChI=1S/C38H37NO5S/c1-41-37-33(38(40)42-2)21-28-16-18-32(24-34(28)39-37)45-19-9-14-29-22-36-30(23-35(29)43-25-27-12-7-4-8-13-27)20-31(44-36)17-15-26-10-5-3-6-11-26/h3-8,10-13,16,18,21-24,31H,9,14-15,17,19-20,25H2,1-2H3. The van der Waals surface area contributed by atoms with Crippen LogP contribution < -0.4 is 14.2 Å². The molecule has 1 unspecified atom stereocenters. The van der Waals surface area contributed by atoms with Gasteiger partial charge in [-0.1, -0.05) is 66.7 Å². The number of aryl methyl sites for hydroxylation is 2. The average Bonchev–Trinajstić information content (AvgIpc) is 3.49. The summed E-state index contributed by atoms with van der Waals surface area (Å²) >= 11 is 1.78. The summed E-state index contributed by atoms with van der Waals surface area (Å²) in [7, 11) is 2.86. The molecule has 0 saturated heterocycles. The summed E-state index contributed by atoms with van der Waals surface area (Å²) in [6, 6.07) is 33.2. The van der Waals surface area contributed by atoms with Gasteiger partial charge < -0.3 is 18.9 Å². The van der Waals surface area contributed by atoms with Gasteiger partial charge in [0.1, 0.15) is 29.8 Å². The first-order valence-corrected chi connectivity index (χ1v) is 16.3. The van der Waals surface area contributed by atoms with Crippen molar-refractivity contribution in [1.29, 1.82) is 0 Å². The molecule has 1 aromatic heterocycles. The summed E-state index contributed by atoms with van der Waals surface area (Å²) in [6.07, 6.45) is 4.92. The molecular weight excluding hydrogens is 582 g/mol. The Morgan fingerprint density at radius 1 is 0.911 bits per heavy atom. The van der Waals surface area contributed by atoms with Gasteiger partial charge in [-0.3, -0.25) is 0 Å². The fourth-order valence-corrected chi connectivity index (χ4v) is 6.55. The topological polar surface area (TPSA) is 66.9 Å². The number of pyridine rings is 1. The Morgan fingerprint density at radius 2 is 1.69 bits per heavy atom. The lowest BCUT2D eigenvalue weighted by Crippen LogP contribution is -2.13. The lowest BCUT2D eigenvalue weighted by Gasteiger charge is -2.14. The summed E-state index contributed by atoms with van der Waals surface area (Å²) in [6.45, 7) is 0.533. The van der Waals surface area contributed by atoms with Crippen molar-refractivity contribution in [2.75, 3.05) is 20.0 Å². The first-order valence-electron chi connectivity index (χ1n) is 15.3. The van der Waals surface area contributed by atoms with Crippen molar-refractivity contribution >= 4 is 28.6 Å². The Balaban J connectivity index is 1.12. The van der Waals surface area contributed by atoms with Gasteiger partial charge in [-0.2, -0.15) is 0 Å². The molecule has 0 amide bonds. The van der Waals surface area contributed by atoms with Crippen molar-refractivity contribution in [2.45, 2.75) is 49.7 Å². The summed E-state index contributed by atoms with van der Waals surface area (Å²) in [5.41, 5.74) is 5.99. The van der Waals surface area contributed by atoms with E-state index in [-0.39, 0.29) is 12.0 Å². The molecule has 6 rings (SSSR count). The second kappa shape index (κ2) is 14.5. The van der Waals surface area contributed by atoms with Crippen LogP contribution in [-0.2, 0) is 30.6 Å². The third kappa shape index (κ3) is 7.60. The Morgan fingerprint density at radius 3 is 2.44 bits per heavy atom. The second-order valence-corrected chi connectivity index (χ2v) is 12.3. The zero-order chi connectivity index (χ0) is 31.0. The molecule has 1 aliphatic rings. The van der Waals surface area contributed by atoms with Crippen molar-refractivity contribution in [3.8, 4) is 17.4 Å². The third-order valence-corrected chi connectivity index (χ3v) is 9.11. The number of carbonyl (C=O) groups is 1. The van der Waals surface area contributed by atoms with Crippen molar-refractivity contribution in [2.24, 2.45) is 0 Å². The minimum atomic E-state index is -0.466. The zero-order valence-corrected chi connectivity index (χ0v) is 26.5. The number of thioether (sulfide) groups is 1. The number of methoxy groups -OCH3 is 2. The van der Waals surface area contributed by atoms with Gasteiger partial charge in [-0.15, -0.1) is 11.8 Å². The molecular formula is C38H37NO5S. The molecule has 0 spiro atoms. The van der Waals surface area contributed by atoms with Crippen LogP contribution in [0.15, 0.2) is 102 Å². The highest BCUT2D eigenvalue weighted by atomic mass is 32.2. The van der Waals surface area contributed by atoms with Crippen molar-refractivity contribution in [3.63, 3.8) is 0 Å². The molecule has 1 atom stereocenters. The average molecular weight is 620 g/mol. The van der Waals surface area contributed by atoms with E-state index in [2.05, 4.69) is 65.6 Å². The Bertz CT molecular complexity index is 1760. The smallest absolute Gasteiger partial charge is 0.343 e. The molecule has 0 aliphatic carbocycles. The number of fused-ring (bicyclic) bond motifs is 2. The zero-order valence-electron chi connectivity index (χ0n) is 25.7. The van der Waals surface area contributed by atoms with Crippen LogP contribution in [0.3, 0.4) is 0 Å². The van der Waals surface area contributed by atoms with Gasteiger partial charge in [-0.25, -0.2) is 9.78 Å². The van der Waals surface area contributed by atoms with Crippen LogP contribution in [0.1, 0.15) is 45.5 Å². The maximum absolute atomic E-state index is 12.1.